The normalized spacial score (nSPS) is 19.4. The van der Waals surface area contributed by atoms with Crippen molar-refractivity contribution in [3.8, 4) is 0 Å². The topological polar surface area (TPSA) is 30.1 Å². The molecule has 1 aliphatic heterocycles. The number of hydrogen-bond donors (Lipinski definition) is 1. The van der Waals surface area contributed by atoms with Crippen LogP contribution in [-0.4, -0.2) is 38.5 Å². The van der Waals surface area contributed by atoms with Crippen LogP contribution in [0.5, 0.6) is 0 Å². The van der Waals surface area contributed by atoms with Crippen LogP contribution in [0.2, 0.25) is 0 Å². The molecule has 1 aliphatic carbocycles. The molecule has 0 spiro atoms. The average molecular weight is 298 g/mol. The van der Waals surface area contributed by atoms with Crippen LogP contribution >= 0.6 is 0 Å². The Kier molecular flexibility index (Phi) is 3.41. The predicted octanol–water partition coefficient (Wildman–Crippen LogP) is 3.06. The Balaban J connectivity index is 2.16. The zero-order chi connectivity index (χ0) is 15.1. The fraction of sp³-hybridized carbons (Fsp3) is 0.235. The predicted molar refractivity (Wildman–Crippen MR) is 91.4 cm³/mol. The first kappa shape index (κ1) is 14.0. The molecule has 1 N–H and O–H groups in total. The second-order valence-corrected chi connectivity index (χ2v) is 7.18. The highest BCUT2D eigenvalue weighted by molar-refractivity contribution is 7.90. The van der Waals surface area contributed by atoms with Crippen molar-refractivity contribution in [2.24, 2.45) is 0 Å². The Morgan fingerprint density at radius 3 is 2.52 bits per heavy atom. The third-order valence-corrected chi connectivity index (χ3v) is 5.36. The summed E-state index contributed by atoms with van der Waals surface area (Å²) in [5, 5.41) is 0. The molecule has 1 aromatic carbocycles. The van der Waals surface area contributed by atoms with Crippen molar-refractivity contribution < 1.29 is 4.58 Å². The van der Waals surface area contributed by atoms with E-state index < -0.39 is 10.7 Å². The lowest BCUT2D eigenvalue weighted by Gasteiger charge is -2.23. The molecule has 0 bridgehead atoms. The molecule has 2 aliphatic rings. The van der Waals surface area contributed by atoms with Crippen LogP contribution in [0.15, 0.2) is 51.8 Å². The third-order valence-electron chi connectivity index (χ3n) is 3.78. The van der Waals surface area contributed by atoms with Gasteiger partial charge in [0.25, 0.3) is 0 Å². The second-order valence-electron chi connectivity index (χ2n) is 5.68. The van der Waals surface area contributed by atoms with Gasteiger partial charge in [0.05, 0.1) is 0 Å². The van der Waals surface area contributed by atoms with E-state index in [1.54, 1.807) is 0 Å². The van der Waals surface area contributed by atoms with E-state index >= 15 is 0 Å². The molecule has 0 aromatic heterocycles. The van der Waals surface area contributed by atoms with Gasteiger partial charge in [-0.3, -0.25) is 4.78 Å². The molecule has 1 aromatic rings. The SMILES string of the molecule is CN(C)c1ccc2c(c1)S(=N)C1=CC(=[N+](C)C)C=CC1=C2. The van der Waals surface area contributed by atoms with Crippen LogP contribution in [0.25, 0.3) is 6.08 Å². The molecule has 3 nitrogen and oxygen atoms in total. The molecule has 108 valence electrons. The molecule has 1 unspecified atom stereocenters. The smallest absolute Gasteiger partial charge is 0.200 e. The van der Waals surface area contributed by atoms with E-state index in [9.17, 15) is 0 Å². The molecule has 4 heteroatoms. The third kappa shape index (κ3) is 2.40. The minimum absolute atomic E-state index is 0.628. The van der Waals surface area contributed by atoms with Gasteiger partial charge in [-0.05, 0) is 46.1 Å². The van der Waals surface area contributed by atoms with E-state index in [-0.39, 0.29) is 0 Å². The summed E-state index contributed by atoms with van der Waals surface area (Å²) < 4.78 is 10.8. The quantitative estimate of drug-likeness (QED) is 0.794. The van der Waals surface area contributed by atoms with Gasteiger partial charge in [0.1, 0.15) is 14.1 Å². The molecule has 3 rings (SSSR count). The van der Waals surface area contributed by atoms with E-state index in [2.05, 4.69) is 52.0 Å². The van der Waals surface area contributed by atoms with E-state index in [0.29, 0.717) is 0 Å². The molecule has 1 atom stereocenters. The van der Waals surface area contributed by atoms with Crippen LogP contribution in [-0.2, 0) is 10.7 Å². The summed E-state index contributed by atoms with van der Waals surface area (Å²) in [5.41, 5.74) is 4.64. The van der Waals surface area contributed by atoms with Crippen molar-refractivity contribution >= 4 is 28.2 Å². The number of anilines is 1. The van der Waals surface area contributed by atoms with Gasteiger partial charge < -0.3 is 4.90 Å². The van der Waals surface area contributed by atoms with Crippen molar-refractivity contribution in [3.05, 3.63) is 52.5 Å². The van der Waals surface area contributed by atoms with Gasteiger partial charge >= 0.3 is 0 Å². The van der Waals surface area contributed by atoms with Gasteiger partial charge in [0.15, 0.2) is 0 Å². The highest BCUT2D eigenvalue weighted by Gasteiger charge is 2.23. The second kappa shape index (κ2) is 5.11. The molecule has 0 saturated carbocycles. The van der Waals surface area contributed by atoms with Crippen molar-refractivity contribution in [2.45, 2.75) is 4.90 Å². The zero-order valence-electron chi connectivity index (χ0n) is 12.8. The maximum Gasteiger partial charge on any atom is 0.200 e. The fourth-order valence-electron chi connectivity index (χ4n) is 2.48. The molecule has 21 heavy (non-hydrogen) atoms. The summed E-state index contributed by atoms with van der Waals surface area (Å²) in [5.74, 6) is 0. The summed E-state index contributed by atoms with van der Waals surface area (Å²) in [4.78, 5) is 4.32. The Hall–Kier alpha value is -1.94. The maximum atomic E-state index is 8.68. The van der Waals surface area contributed by atoms with Crippen LogP contribution in [0.1, 0.15) is 5.56 Å². The largest absolute Gasteiger partial charge is 0.378 e. The summed E-state index contributed by atoms with van der Waals surface area (Å²) in [6.07, 6.45) is 8.59. The Morgan fingerprint density at radius 1 is 1.10 bits per heavy atom. The van der Waals surface area contributed by atoms with Gasteiger partial charge in [0, 0.05) is 41.7 Å². The molecule has 0 radical (unpaired) electrons. The van der Waals surface area contributed by atoms with E-state index in [1.807, 2.05) is 28.2 Å². The lowest BCUT2D eigenvalue weighted by molar-refractivity contribution is -0.462. The molecule has 0 fully saturated rings. The Labute approximate surface area is 128 Å². The van der Waals surface area contributed by atoms with Crippen molar-refractivity contribution in [2.75, 3.05) is 33.1 Å². The number of nitrogens with zero attached hydrogens (tertiary/aromatic N) is 2. The van der Waals surface area contributed by atoms with Gasteiger partial charge in [-0.1, -0.05) is 6.07 Å². The minimum atomic E-state index is -0.628. The highest BCUT2D eigenvalue weighted by atomic mass is 32.2. The summed E-state index contributed by atoms with van der Waals surface area (Å²) >= 11 is 0. The first-order valence-electron chi connectivity index (χ1n) is 6.90. The zero-order valence-corrected chi connectivity index (χ0v) is 13.7. The molecule has 0 amide bonds. The van der Waals surface area contributed by atoms with Gasteiger partial charge in [-0.2, -0.15) is 0 Å². The van der Waals surface area contributed by atoms with E-state index in [1.165, 1.54) is 11.1 Å². The van der Waals surface area contributed by atoms with Crippen molar-refractivity contribution in [3.63, 3.8) is 0 Å². The average Bonchev–Trinajstić information content (AvgIpc) is 2.46. The number of fused-ring (bicyclic) bond motifs is 2. The van der Waals surface area contributed by atoms with Crippen LogP contribution in [0, 0.1) is 4.78 Å². The minimum Gasteiger partial charge on any atom is -0.378 e. The Morgan fingerprint density at radius 2 is 1.86 bits per heavy atom. The number of allylic oxidation sites excluding steroid dienone is 4. The van der Waals surface area contributed by atoms with Crippen LogP contribution < -0.4 is 4.90 Å². The molecular weight excluding hydrogens is 278 g/mol. The first-order chi connectivity index (χ1) is 9.97. The summed E-state index contributed by atoms with van der Waals surface area (Å²) in [6.45, 7) is 0. The van der Waals surface area contributed by atoms with Gasteiger partial charge in [0.2, 0.25) is 5.71 Å². The summed E-state index contributed by atoms with van der Waals surface area (Å²) in [6, 6.07) is 6.39. The molecular formula is C17H20N3S+. The molecule has 0 saturated heterocycles. The standard InChI is InChI=1S/C17H20N3S/c1-19(2)14-7-5-12-9-13-6-8-15(20(3)4)11-17(13)21(18)16(12)10-14/h5-11,18H,1-4H3/q+1. The number of hydrogen-bond acceptors (Lipinski definition) is 2. The van der Waals surface area contributed by atoms with E-state index in [4.69, 9.17) is 4.78 Å². The Bertz CT molecular complexity index is 760. The number of benzene rings is 1. The van der Waals surface area contributed by atoms with E-state index in [0.717, 1.165) is 21.2 Å². The molecule has 1 heterocycles. The maximum absolute atomic E-state index is 8.68. The van der Waals surface area contributed by atoms with Crippen LogP contribution in [0.3, 0.4) is 0 Å². The lowest BCUT2D eigenvalue weighted by atomic mass is 10.0. The van der Waals surface area contributed by atoms with Gasteiger partial charge in [-0.15, -0.1) is 0 Å². The number of rotatable bonds is 1. The first-order valence-corrected chi connectivity index (χ1v) is 8.13. The highest BCUT2D eigenvalue weighted by Crippen LogP contribution is 2.36. The van der Waals surface area contributed by atoms with Crippen molar-refractivity contribution in [1.29, 1.82) is 4.78 Å². The van der Waals surface area contributed by atoms with Gasteiger partial charge in [-0.25, -0.2) is 4.58 Å². The monoisotopic (exact) mass is 298 g/mol. The van der Waals surface area contributed by atoms with Crippen molar-refractivity contribution in [1.82, 2.24) is 0 Å². The lowest BCUT2D eigenvalue weighted by Crippen LogP contribution is -2.16. The summed E-state index contributed by atoms with van der Waals surface area (Å²) in [7, 11) is 7.52. The van der Waals surface area contributed by atoms with Crippen LogP contribution in [0.4, 0.5) is 5.69 Å². The fourth-order valence-corrected chi connectivity index (χ4v) is 3.92. The number of nitrogens with one attached hydrogen (secondary N) is 1.